The normalized spacial score (nSPS) is 15.6. The van der Waals surface area contributed by atoms with E-state index in [4.69, 9.17) is 49.3 Å². The lowest BCUT2D eigenvalue weighted by Crippen LogP contribution is -2.50. The fourth-order valence-electron chi connectivity index (χ4n) is 7.81. The SMILES string of the molecule is COc1ccc(N2CCC(N3CCCOC3=O)CC2)c(NC(=O)c2[nH]c3cc(Cl)ccc3c2-c2c(-c3ccccc3)ncn2C(C)c2ccc(Cl)cc2Cl)c1. The number of aromatic amines is 1. The van der Waals surface area contributed by atoms with Gasteiger partial charge >= 0.3 is 6.09 Å². The molecule has 55 heavy (non-hydrogen) atoms. The topological polar surface area (TPSA) is 105 Å². The molecule has 4 aromatic carbocycles. The zero-order valence-corrected chi connectivity index (χ0v) is 32.6. The molecule has 8 rings (SSSR count). The Kier molecular flexibility index (Phi) is 10.4. The number of ether oxygens (including phenoxy) is 2. The number of anilines is 2. The minimum absolute atomic E-state index is 0.106. The molecule has 1 unspecified atom stereocenters. The number of H-pyrrole nitrogens is 1. The van der Waals surface area contributed by atoms with Crippen LogP contribution < -0.4 is 15.0 Å². The van der Waals surface area contributed by atoms with Crippen LogP contribution in [0.1, 0.15) is 48.3 Å². The van der Waals surface area contributed by atoms with Gasteiger partial charge in [-0.05, 0) is 68.1 Å². The summed E-state index contributed by atoms with van der Waals surface area (Å²) in [6.07, 6.45) is 3.95. The Morgan fingerprint density at radius 3 is 2.47 bits per heavy atom. The molecule has 6 aromatic rings. The zero-order valence-electron chi connectivity index (χ0n) is 30.3. The molecule has 2 aromatic heterocycles. The number of imidazole rings is 1. The molecule has 13 heteroatoms. The summed E-state index contributed by atoms with van der Waals surface area (Å²) < 4.78 is 13.0. The van der Waals surface area contributed by atoms with Gasteiger partial charge < -0.3 is 34.1 Å². The number of halogens is 3. The first-order valence-corrected chi connectivity index (χ1v) is 19.4. The average molecular weight is 798 g/mol. The van der Waals surface area contributed by atoms with Crippen molar-refractivity contribution in [3.63, 3.8) is 0 Å². The lowest BCUT2D eigenvalue weighted by molar-refractivity contribution is 0.0499. The van der Waals surface area contributed by atoms with E-state index in [2.05, 4.69) is 15.2 Å². The largest absolute Gasteiger partial charge is 0.497 e. The number of piperidine rings is 1. The van der Waals surface area contributed by atoms with E-state index in [9.17, 15) is 9.59 Å². The minimum Gasteiger partial charge on any atom is -0.497 e. The molecule has 1 atom stereocenters. The molecule has 0 saturated carbocycles. The van der Waals surface area contributed by atoms with Crippen LogP contribution in [0.5, 0.6) is 5.75 Å². The van der Waals surface area contributed by atoms with E-state index in [0.29, 0.717) is 75.2 Å². The summed E-state index contributed by atoms with van der Waals surface area (Å²) in [5.41, 5.74) is 6.31. The molecule has 2 aliphatic heterocycles. The number of amides is 2. The fourth-order valence-corrected chi connectivity index (χ4v) is 8.55. The van der Waals surface area contributed by atoms with Crippen LogP contribution in [0.25, 0.3) is 33.4 Å². The van der Waals surface area contributed by atoms with Crippen LogP contribution in [0.4, 0.5) is 16.2 Å². The van der Waals surface area contributed by atoms with Gasteiger partial charge in [-0.25, -0.2) is 9.78 Å². The third-order valence-electron chi connectivity index (χ3n) is 10.6. The van der Waals surface area contributed by atoms with Gasteiger partial charge in [0, 0.05) is 68.8 Å². The molecule has 2 saturated heterocycles. The third kappa shape index (κ3) is 7.22. The Bertz CT molecular complexity index is 2390. The number of cyclic esters (lactones) is 1. The molecule has 2 fully saturated rings. The highest BCUT2D eigenvalue weighted by Gasteiger charge is 2.33. The smallest absolute Gasteiger partial charge is 0.410 e. The van der Waals surface area contributed by atoms with E-state index in [0.717, 1.165) is 47.2 Å². The Morgan fingerprint density at radius 2 is 1.73 bits per heavy atom. The number of rotatable bonds is 9. The monoisotopic (exact) mass is 796 g/mol. The van der Waals surface area contributed by atoms with Crippen molar-refractivity contribution in [2.75, 3.05) is 43.6 Å². The van der Waals surface area contributed by atoms with Crippen molar-refractivity contribution in [1.82, 2.24) is 19.4 Å². The molecule has 10 nitrogen and oxygen atoms in total. The standard InChI is InChI=1S/C42H39Cl3N6O4/c1-25(31-12-9-27(43)21-33(31)45)51-24-46-38(26-7-4-3-5-8-26)40(51)37-32-13-10-28(44)22-34(32)47-39(37)41(52)48-35-23-30(54-2)11-14-36(35)49-18-15-29(16-19-49)50-17-6-20-55-42(50)53/h3-5,7-14,21-25,29,47H,6,15-20H2,1-2H3,(H,48,52). The number of carbonyl (C=O) groups excluding carboxylic acids is 2. The second-order valence-electron chi connectivity index (χ2n) is 13.8. The van der Waals surface area contributed by atoms with Crippen molar-refractivity contribution in [3.8, 4) is 28.3 Å². The lowest BCUT2D eigenvalue weighted by atomic mass is 9.99. The molecule has 0 aliphatic carbocycles. The quantitative estimate of drug-likeness (QED) is 0.151. The maximum Gasteiger partial charge on any atom is 0.410 e. The number of aromatic nitrogens is 3. The summed E-state index contributed by atoms with van der Waals surface area (Å²) in [6, 6.07) is 26.4. The molecule has 0 spiro atoms. The van der Waals surface area contributed by atoms with Crippen molar-refractivity contribution < 1.29 is 19.1 Å². The minimum atomic E-state index is -0.355. The summed E-state index contributed by atoms with van der Waals surface area (Å²) in [4.78, 5) is 39.8. The molecule has 282 valence electrons. The number of carbonyl (C=O) groups is 2. The van der Waals surface area contributed by atoms with Crippen LogP contribution in [0.3, 0.4) is 0 Å². The van der Waals surface area contributed by atoms with Gasteiger partial charge in [0.1, 0.15) is 11.4 Å². The Morgan fingerprint density at radius 1 is 0.964 bits per heavy atom. The van der Waals surface area contributed by atoms with Gasteiger partial charge in [0.15, 0.2) is 0 Å². The van der Waals surface area contributed by atoms with Gasteiger partial charge in [-0.15, -0.1) is 0 Å². The fraction of sp³-hybridized carbons (Fsp3) is 0.262. The van der Waals surface area contributed by atoms with Gasteiger partial charge in [-0.1, -0.05) is 77.3 Å². The lowest BCUT2D eigenvalue weighted by Gasteiger charge is -2.40. The van der Waals surface area contributed by atoms with Crippen molar-refractivity contribution >= 4 is 69.1 Å². The Labute approximate surface area is 333 Å². The molecule has 2 N–H and O–H groups in total. The van der Waals surface area contributed by atoms with Gasteiger partial charge in [0.25, 0.3) is 5.91 Å². The van der Waals surface area contributed by atoms with Gasteiger partial charge in [0.05, 0.1) is 48.8 Å². The van der Waals surface area contributed by atoms with Gasteiger partial charge in [-0.3, -0.25) is 4.79 Å². The van der Waals surface area contributed by atoms with Crippen LogP contribution in [0.2, 0.25) is 15.1 Å². The van der Waals surface area contributed by atoms with Crippen molar-refractivity contribution in [3.05, 3.63) is 118 Å². The third-order valence-corrected chi connectivity index (χ3v) is 11.4. The van der Waals surface area contributed by atoms with Crippen molar-refractivity contribution in [1.29, 1.82) is 0 Å². The van der Waals surface area contributed by atoms with E-state index in [-0.39, 0.29) is 24.1 Å². The predicted molar refractivity (Wildman–Crippen MR) is 219 cm³/mol. The summed E-state index contributed by atoms with van der Waals surface area (Å²) in [7, 11) is 1.60. The predicted octanol–water partition coefficient (Wildman–Crippen LogP) is 10.3. The highest BCUT2D eigenvalue weighted by atomic mass is 35.5. The van der Waals surface area contributed by atoms with Crippen LogP contribution in [0, 0.1) is 0 Å². The molecular formula is C42H39Cl3N6O4. The number of hydrogen-bond donors (Lipinski definition) is 2. The first-order chi connectivity index (χ1) is 26.7. The molecule has 0 radical (unpaired) electrons. The number of nitrogens with one attached hydrogen (secondary N) is 2. The van der Waals surface area contributed by atoms with Crippen LogP contribution in [-0.2, 0) is 4.74 Å². The second-order valence-corrected chi connectivity index (χ2v) is 15.1. The van der Waals surface area contributed by atoms with Crippen molar-refractivity contribution in [2.24, 2.45) is 0 Å². The van der Waals surface area contributed by atoms with Crippen LogP contribution >= 0.6 is 34.8 Å². The van der Waals surface area contributed by atoms with E-state index >= 15 is 0 Å². The van der Waals surface area contributed by atoms with Gasteiger partial charge in [0.2, 0.25) is 0 Å². The Hall–Kier alpha value is -5.16. The summed E-state index contributed by atoms with van der Waals surface area (Å²) >= 11 is 19.6. The number of hydrogen-bond acceptors (Lipinski definition) is 6. The highest BCUT2D eigenvalue weighted by molar-refractivity contribution is 6.35. The van der Waals surface area contributed by atoms with E-state index in [1.807, 2.05) is 95.3 Å². The molecule has 2 amide bonds. The first kappa shape index (κ1) is 36.8. The second kappa shape index (κ2) is 15.5. The highest BCUT2D eigenvalue weighted by Crippen LogP contribution is 2.43. The summed E-state index contributed by atoms with van der Waals surface area (Å²) in [6.45, 7) is 4.62. The summed E-state index contributed by atoms with van der Waals surface area (Å²) in [5, 5.41) is 5.63. The molecule has 4 heterocycles. The maximum absolute atomic E-state index is 14.8. The number of benzene rings is 4. The molecule has 2 aliphatic rings. The summed E-state index contributed by atoms with van der Waals surface area (Å²) in [5.74, 6) is 0.249. The number of fused-ring (bicyclic) bond motifs is 1. The van der Waals surface area contributed by atoms with Crippen molar-refractivity contribution in [2.45, 2.75) is 38.3 Å². The maximum atomic E-state index is 14.8. The van der Waals surface area contributed by atoms with E-state index < -0.39 is 0 Å². The molecular weight excluding hydrogens is 759 g/mol. The molecule has 0 bridgehead atoms. The van der Waals surface area contributed by atoms with Crippen LogP contribution in [-0.4, -0.2) is 70.8 Å². The van der Waals surface area contributed by atoms with E-state index in [1.54, 1.807) is 19.5 Å². The number of nitrogens with zero attached hydrogens (tertiary/aromatic N) is 4. The Balaban J connectivity index is 1.21. The van der Waals surface area contributed by atoms with Gasteiger partial charge in [-0.2, -0.15) is 0 Å². The first-order valence-electron chi connectivity index (χ1n) is 18.3. The van der Waals surface area contributed by atoms with Crippen LogP contribution in [0.15, 0.2) is 91.3 Å². The average Bonchev–Trinajstić information content (AvgIpc) is 3.80. The van der Waals surface area contributed by atoms with E-state index in [1.165, 1.54) is 0 Å². The number of methoxy groups -OCH3 is 1. The zero-order chi connectivity index (χ0) is 38.2.